The van der Waals surface area contributed by atoms with Crippen LogP contribution >= 0.6 is 0 Å². The number of hydrogen-bond donors (Lipinski definition) is 4. The largest absolute Gasteiger partial charge is 0.382 e. The van der Waals surface area contributed by atoms with Crippen molar-refractivity contribution in [2.75, 3.05) is 24.4 Å². The number of hydrazine groups is 1. The molecule has 1 rings (SSSR count). The number of carbonyl (C=O) groups excluding carboxylic acids is 1. The quantitative estimate of drug-likeness (QED) is 0.278. The zero-order valence-electron chi connectivity index (χ0n) is 11.9. The van der Waals surface area contributed by atoms with Crippen molar-refractivity contribution < 1.29 is 9.53 Å². The van der Waals surface area contributed by atoms with Crippen molar-refractivity contribution in [3.05, 3.63) is 24.3 Å². The first kappa shape index (κ1) is 15.9. The molecule has 20 heavy (non-hydrogen) atoms. The number of ether oxygens (including phenoxy) is 1. The minimum Gasteiger partial charge on any atom is -0.382 e. The van der Waals surface area contributed by atoms with Gasteiger partial charge in [-0.3, -0.25) is 10.2 Å². The van der Waals surface area contributed by atoms with E-state index in [0.717, 1.165) is 5.69 Å². The monoisotopic (exact) mass is 279 g/mol. The van der Waals surface area contributed by atoms with E-state index in [0.29, 0.717) is 18.3 Å². The first-order chi connectivity index (χ1) is 9.55. The van der Waals surface area contributed by atoms with Crippen LogP contribution in [0.3, 0.4) is 0 Å². The van der Waals surface area contributed by atoms with Gasteiger partial charge in [0.2, 0.25) is 11.9 Å². The molecule has 7 heteroatoms. The summed E-state index contributed by atoms with van der Waals surface area (Å²) >= 11 is 0. The fourth-order valence-electron chi connectivity index (χ4n) is 1.62. The zero-order chi connectivity index (χ0) is 15.0. The van der Waals surface area contributed by atoms with Crippen LogP contribution in [0.1, 0.15) is 13.8 Å². The molecule has 0 aliphatic heterocycles. The van der Waals surface area contributed by atoms with Gasteiger partial charge in [-0.15, -0.1) is 0 Å². The highest BCUT2D eigenvalue weighted by molar-refractivity contribution is 5.95. The number of aliphatic imine (C=N–C) groups is 1. The van der Waals surface area contributed by atoms with E-state index in [-0.39, 0.29) is 11.9 Å². The average Bonchev–Trinajstić information content (AvgIpc) is 2.37. The maximum absolute atomic E-state index is 11.0. The molecule has 0 fully saturated rings. The predicted octanol–water partition coefficient (Wildman–Crippen LogP) is 0.911. The van der Waals surface area contributed by atoms with Crippen LogP contribution in [0.15, 0.2) is 29.3 Å². The van der Waals surface area contributed by atoms with Gasteiger partial charge in [-0.05, 0) is 25.1 Å². The number of methoxy groups -OCH3 is 1. The minimum atomic E-state index is -0.123. The molecule has 0 saturated heterocycles. The van der Waals surface area contributed by atoms with E-state index in [4.69, 9.17) is 10.6 Å². The number of hydrogen-bond acceptors (Lipinski definition) is 4. The highest BCUT2D eigenvalue weighted by atomic mass is 16.5. The number of carbonyl (C=O) groups is 1. The Labute approximate surface area is 118 Å². The fraction of sp³-hybridized carbons (Fsp3) is 0.385. The van der Waals surface area contributed by atoms with Crippen LogP contribution in [0.5, 0.6) is 0 Å². The Bertz CT molecular complexity index is 476. The summed E-state index contributed by atoms with van der Waals surface area (Å²) in [6.07, 6.45) is 0. The number of anilines is 2. The lowest BCUT2D eigenvalue weighted by atomic mass is 10.2. The highest BCUT2D eigenvalue weighted by Gasteiger charge is 2.04. The van der Waals surface area contributed by atoms with E-state index < -0.39 is 0 Å². The molecule has 1 amide bonds. The van der Waals surface area contributed by atoms with E-state index in [9.17, 15) is 4.79 Å². The number of guanidine groups is 1. The summed E-state index contributed by atoms with van der Waals surface area (Å²) in [5.74, 6) is 5.73. The van der Waals surface area contributed by atoms with Crippen molar-refractivity contribution in [1.82, 2.24) is 5.43 Å². The van der Waals surface area contributed by atoms with Crippen LogP contribution in [0.25, 0.3) is 0 Å². The number of nitrogens with zero attached hydrogens (tertiary/aromatic N) is 1. The van der Waals surface area contributed by atoms with Crippen molar-refractivity contribution in [1.29, 1.82) is 0 Å². The third kappa shape index (κ3) is 5.68. The van der Waals surface area contributed by atoms with Crippen LogP contribution in [0.4, 0.5) is 11.4 Å². The molecule has 0 aliphatic rings. The Morgan fingerprint density at radius 1 is 1.40 bits per heavy atom. The summed E-state index contributed by atoms with van der Waals surface area (Å²) in [4.78, 5) is 15.3. The van der Waals surface area contributed by atoms with Gasteiger partial charge in [0.05, 0.1) is 12.6 Å². The van der Waals surface area contributed by atoms with Crippen LogP contribution in [0, 0.1) is 0 Å². The smallest absolute Gasteiger partial charge is 0.221 e. The molecule has 7 nitrogen and oxygen atoms in total. The lowest BCUT2D eigenvalue weighted by Gasteiger charge is -2.13. The third-order valence-electron chi connectivity index (χ3n) is 2.34. The summed E-state index contributed by atoms with van der Waals surface area (Å²) < 4.78 is 5.01. The Kier molecular flexibility index (Phi) is 6.48. The van der Waals surface area contributed by atoms with Crippen LogP contribution in [0.2, 0.25) is 0 Å². The van der Waals surface area contributed by atoms with Gasteiger partial charge >= 0.3 is 0 Å². The average molecular weight is 279 g/mol. The summed E-state index contributed by atoms with van der Waals surface area (Å²) in [6, 6.07) is 7.22. The molecule has 5 N–H and O–H groups in total. The molecule has 1 aromatic carbocycles. The standard InChI is InChI=1S/C13H21N5O2/c1-9(8-20-3)15-13(18-14)17-12-6-4-5-11(7-12)16-10(2)19/h4-7,9H,8,14H2,1-3H3,(H,16,19)(H2,15,17,18). The zero-order valence-corrected chi connectivity index (χ0v) is 11.9. The summed E-state index contributed by atoms with van der Waals surface area (Å²) in [6.45, 7) is 3.87. The lowest BCUT2D eigenvalue weighted by Crippen LogP contribution is -2.37. The van der Waals surface area contributed by atoms with Gasteiger partial charge in [0.15, 0.2) is 0 Å². The minimum absolute atomic E-state index is 0.0305. The maximum atomic E-state index is 11.0. The van der Waals surface area contributed by atoms with Crippen LogP contribution in [-0.4, -0.2) is 31.6 Å². The first-order valence-corrected chi connectivity index (χ1v) is 6.23. The molecule has 1 aromatic rings. The molecule has 110 valence electrons. The second kappa shape index (κ2) is 8.13. The molecule has 0 aliphatic carbocycles. The SMILES string of the molecule is COCC(C)N=C(NN)Nc1cccc(NC(C)=O)c1. The molecular formula is C13H21N5O2. The van der Waals surface area contributed by atoms with E-state index in [1.165, 1.54) is 6.92 Å². The van der Waals surface area contributed by atoms with Gasteiger partial charge in [-0.25, -0.2) is 10.8 Å². The van der Waals surface area contributed by atoms with Gasteiger partial charge in [0.25, 0.3) is 0 Å². The summed E-state index contributed by atoms with van der Waals surface area (Å²) in [7, 11) is 1.62. The molecule has 0 spiro atoms. The van der Waals surface area contributed by atoms with Crippen molar-refractivity contribution in [2.24, 2.45) is 10.8 Å². The number of benzene rings is 1. The van der Waals surface area contributed by atoms with Crippen LogP contribution < -0.4 is 21.9 Å². The Hall–Kier alpha value is -2.12. The molecule has 0 saturated carbocycles. The van der Waals surface area contributed by atoms with Crippen molar-refractivity contribution in [2.45, 2.75) is 19.9 Å². The normalized spacial score (nSPS) is 12.7. The van der Waals surface area contributed by atoms with Crippen molar-refractivity contribution >= 4 is 23.2 Å². The Morgan fingerprint density at radius 3 is 2.60 bits per heavy atom. The summed E-state index contributed by atoms with van der Waals surface area (Å²) in [5, 5.41) is 5.75. The number of nitrogens with one attached hydrogen (secondary N) is 3. The maximum Gasteiger partial charge on any atom is 0.221 e. The van der Waals surface area contributed by atoms with E-state index in [1.807, 2.05) is 19.1 Å². The fourth-order valence-corrected chi connectivity index (χ4v) is 1.62. The second-order valence-corrected chi connectivity index (χ2v) is 4.31. The molecule has 1 atom stereocenters. The van der Waals surface area contributed by atoms with E-state index >= 15 is 0 Å². The second-order valence-electron chi connectivity index (χ2n) is 4.31. The number of nitrogens with two attached hydrogens (primary N) is 1. The van der Waals surface area contributed by atoms with E-state index in [2.05, 4.69) is 21.1 Å². The molecule has 0 bridgehead atoms. The predicted molar refractivity (Wildman–Crippen MR) is 80.5 cm³/mol. The summed E-state index contributed by atoms with van der Waals surface area (Å²) in [5.41, 5.74) is 3.96. The van der Waals surface area contributed by atoms with Crippen LogP contribution in [-0.2, 0) is 9.53 Å². The van der Waals surface area contributed by atoms with Gasteiger partial charge in [-0.2, -0.15) is 0 Å². The molecular weight excluding hydrogens is 258 g/mol. The van der Waals surface area contributed by atoms with E-state index in [1.54, 1.807) is 19.2 Å². The first-order valence-electron chi connectivity index (χ1n) is 6.23. The topological polar surface area (TPSA) is 101 Å². The van der Waals surface area contributed by atoms with Gasteiger partial charge in [0, 0.05) is 25.4 Å². The van der Waals surface area contributed by atoms with Gasteiger partial charge in [0.1, 0.15) is 0 Å². The third-order valence-corrected chi connectivity index (χ3v) is 2.34. The molecule has 1 unspecified atom stereocenters. The Balaban J connectivity index is 2.77. The molecule has 0 radical (unpaired) electrons. The number of rotatable bonds is 5. The van der Waals surface area contributed by atoms with Gasteiger partial charge < -0.3 is 15.4 Å². The molecule has 0 aromatic heterocycles. The van der Waals surface area contributed by atoms with Gasteiger partial charge in [-0.1, -0.05) is 6.07 Å². The lowest BCUT2D eigenvalue weighted by molar-refractivity contribution is -0.114. The van der Waals surface area contributed by atoms with Crippen molar-refractivity contribution in [3.8, 4) is 0 Å². The van der Waals surface area contributed by atoms with Crippen molar-refractivity contribution in [3.63, 3.8) is 0 Å². The molecule has 0 heterocycles. The Morgan fingerprint density at radius 2 is 2.05 bits per heavy atom. The number of amides is 1. The highest BCUT2D eigenvalue weighted by Crippen LogP contribution is 2.14.